The minimum Gasteiger partial charge on any atom is -0.493 e. The van der Waals surface area contributed by atoms with Gasteiger partial charge >= 0.3 is 0 Å². The molecule has 174 valence electrons. The number of carbonyl (C=O) groups excluding carboxylic acids is 1. The number of hydrogen-bond donors (Lipinski definition) is 0. The van der Waals surface area contributed by atoms with Crippen LogP contribution in [0.3, 0.4) is 0 Å². The molecule has 1 aliphatic heterocycles. The van der Waals surface area contributed by atoms with E-state index < -0.39 is 4.92 Å². The first-order chi connectivity index (χ1) is 16.0. The summed E-state index contributed by atoms with van der Waals surface area (Å²) in [5.41, 5.74) is 0.683. The van der Waals surface area contributed by atoms with E-state index in [1.807, 2.05) is 18.2 Å². The molecule has 9 nitrogen and oxygen atoms in total. The second-order valence-corrected chi connectivity index (χ2v) is 8.77. The lowest BCUT2D eigenvalue weighted by Crippen LogP contribution is -2.38. The topological polar surface area (TPSA) is 104 Å². The van der Waals surface area contributed by atoms with Gasteiger partial charge in [0, 0.05) is 32.2 Å². The summed E-state index contributed by atoms with van der Waals surface area (Å²) in [5, 5.41) is 12.8. The Bertz CT molecular complexity index is 1120. The van der Waals surface area contributed by atoms with Crippen LogP contribution in [0.15, 0.2) is 36.4 Å². The summed E-state index contributed by atoms with van der Waals surface area (Å²) in [6, 6.07) is 10.7. The van der Waals surface area contributed by atoms with E-state index in [-0.39, 0.29) is 41.2 Å². The number of rotatable bonds is 8. The fourth-order valence-corrected chi connectivity index (χ4v) is 5.08. The number of hydrogen-bond acceptors (Lipinski definition) is 8. The zero-order valence-electron chi connectivity index (χ0n) is 18.5. The third-order valence-corrected chi connectivity index (χ3v) is 6.89. The third-order valence-electron chi connectivity index (χ3n) is 5.70. The molecule has 0 aliphatic carbocycles. The van der Waals surface area contributed by atoms with Crippen molar-refractivity contribution in [3.8, 4) is 11.5 Å². The van der Waals surface area contributed by atoms with Crippen molar-refractivity contribution in [3.05, 3.63) is 57.1 Å². The first-order valence-corrected chi connectivity index (χ1v) is 11.5. The van der Waals surface area contributed by atoms with Gasteiger partial charge in [-0.05, 0) is 25.0 Å². The minimum atomic E-state index is -0.566. The molecule has 0 radical (unpaired) electrons. The van der Waals surface area contributed by atoms with Crippen LogP contribution in [-0.2, 0) is 4.74 Å². The summed E-state index contributed by atoms with van der Waals surface area (Å²) in [6.45, 7) is 1.54. The lowest BCUT2D eigenvalue weighted by atomic mass is 9.96. The molecule has 1 aliphatic rings. The number of likely N-dealkylation sites (tertiary alicyclic amines) is 1. The lowest BCUT2D eigenvalue weighted by molar-refractivity contribution is -0.385. The number of nitro benzene ring substituents is 1. The van der Waals surface area contributed by atoms with Gasteiger partial charge in [0.2, 0.25) is 0 Å². The number of benzene rings is 2. The summed E-state index contributed by atoms with van der Waals surface area (Å²) in [7, 11) is 2.97. The summed E-state index contributed by atoms with van der Waals surface area (Å²) in [4.78, 5) is 30.8. The Morgan fingerprint density at radius 2 is 1.94 bits per heavy atom. The average molecular weight is 472 g/mol. The molecule has 2 aromatic carbocycles. The van der Waals surface area contributed by atoms with Crippen molar-refractivity contribution < 1.29 is 23.9 Å². The first kappa shape index (κ1) is 22.9. The van der Waals surface area contributed by atoms with Crippen LogP contribution in [-0.4, -0.2) is 61.2 Å². The standard InChI is InChI=1S/C23H25N3O6S/c1-30-11-12-32-20-14-18(26(28)29)16(13-19(20)31-2)23(27)25-9-7-15(8-10-25)22-24-17-5-3-4-6-21(17)33-22/h3-6,13-15H,7-12H2,1-2H3. The monoisotopic (exact) mass is 471 g/mol. The van der Waals surface area contributed by atoms with Crippen LogP contribution in [0.2, 0.25) is 0 Å². The Hall–Kier alpha value is -3.24. The average Bonchev–Trinajstić information content (AvgIpc) is 3.28. The molecule has 0 spiro atoms. The summed E-state index contributed by atoms with van der Waals surface area (Å²) >= 11 is 1.69. The number of ether oxygens (including phenoxy) is 3. The smallest absolute Gasteiger partial charge is 0.286 e. The van der Waals surface area contributed by atoms with Crippen LogP contribution in [0.25, 0.3) is 10.2 Å². The lowest BCUT2D eigenvalue weighted by Gasteiger charge is -2.31. The third kappa shape index (κ3) is 4.91. The Kier molecular flexibility index (Phi) is 7.05. The van der Waals surface area contributed by atoms with Crippen LogP contribution in [0.5, 0.6) is 11.5 Å². The molecule has 1 amide bonds. The molecule has 0 N–H and O–H groups in total. The number of methoxy groups -OCH3 is 2. The van der Waals surface area contributed by atoms with E-state index >= 15 is 0 Å². The molecule has 33 heavy (non-hydrogen) atoms. The van der Waals surface area contributed by atoms with E-state index in [1.165, 1.54) is 26.4 Å². The molecular weight excluding hydrogens is 446 g/mol. The van der Waals surface area contributed by atoms with Gasteiger partial charge < -0.3 is 19.1 Å². The van der Waals surface area contributed by atoms with Gasteiger partial charge in [-0.25, -0.2) is 4.98 Å². The van der Waals surface area contributed by atoms with E-state index in [4.69, 9.17) is 19.2 Å². The highest BCUT2D eigenvalue weighted by Gasteiger charge is 2.31. The quantitative estimate of drug-likeness (QED) is 0.275. The van der Waals surface area contributed by atoms with E-state index in [9.17, 15) is 14.9 Å². The molecule has 1 aromatic heterocycles. The second kappa shape index (κ2) is 10.1. The fraction of sp³-hybridized carbons (Fsp3) is 0.391. The molecule has 0 bridgehead atoms. The predicted octanol–water partition coefficient (Wildman–Crippen LogP) is 4.26. The molecule has 0 atom stereocenters. The predicted molar refractivity (Wildman–Crippen MR) is 125 cm³/mol. The second-order valence-electron chi connectivity index (χ2n) is 7.70. The summed E-state index contributed by atoms with van der Waals surface area (Å²) in [6.07, 6.45) is 1.52. The number of para-hydroxylation sites is 1. The molecule has 10 heteroatoms. The van der Waals surface area contributed by atoms with E-state index in [1.54, 1.807) is 16.2 Å². The number of nitro groups is 1. The maximum absolute atomic E-state index is 13.2. The number of nitrogens with zero attached hydrogens (tertiary/aromatic N) is 3. The minimum absolute atomic E-state index is 0.00520. The normalized spacial score (nSPS) is 14.4. The molecule has 4 rings (SSSR count). The van der Waals surface area contributed by atoms with Gasteiger partial charge in [-0.1, -0.05) is 12.1 Å². The van der Waals surface area contributed by atoms with E-state index in [2.05, 4.69) is 6.07 Å². The number of piperidine rings is 1. The number of carbonyl (C=O) groups is 1. The van der Waals surface area contributed by atoms with Crippen molar-refractivity contribution in [3.63, 3.8) is 0 Å². The van der Waals surface area contributed by atoms with Gasteiger partial charge in [0.1, 0.15) is 12.2 Å². The van der Waals surface area contributed by atoms with Crippen molar-refractivity contribution in [1.29, 1.82) is 0 Å². The Morgan fingerprint density at radius 3 is 2.61 bits per heavy atom. The fourth-order valence-electron chi connectivity index (χ4n) is 3.94. The largest absolute Gasteiger partial charge is 0.493 e. The highest BCUT2D eigenvalue weighted by Crippen LogP contribution is 2.37. The number of amides is 1. The Labute approximate surface area is 195 Å². The molecule has 0 saturated carbocycles. The highest BCUT2D eigenvalue weighted by molar-refractivity contribution is 7.18. The van der Waals surface area contributed by atoms with Crippen LogP contribution in [0.4, 0.5) is 5.69 Å². The maximum Gasteiger partial charge on any atom is 0.286 e. The molecule has 3 aromatic rings. The highest BCUT2D eigenvalue weighted by atomic mass is 32.1. The van der Waals surface area contributed by atoms with Gasteiger partial charge in [-0.3, -0.25) is 14.9 Å². The van der Waals surface area contributed by atoms with Gasteiger partial charge in [0.25, 0.3) is 11.6 Å². The zero-order chi connectivity index (χ0) is 23.4. The summed E-state index contributed by atoms with van der Waals surface area (Å²) < 4.78 is 17.0. The molecule has 0 unspecified atom stereocenters. The van der Waals surface area contributed by atoms with Gasteiger partial charge in [-0.15, -0.1) is 11.3 Å². The van der Waals surface area contributed by atoms with E-state index in [0.717, 1.165) is 28.1 Å². The summed E-state index contributed by atoms with van der Waals surface area (Å²) in [5.74, 6) is 0.357. The molecule has 2 heterocycles. The SMILES string of the molecule is COCCOc1cc([N+](=O)[O-])c(C(=O)N2CCC(c3nc4ccccc4s3)CC2)cc1OC. The molecule has 1 fully saturated rings. The molecular formula is C23H25N3O6S. The molecule has 1 saturated heterocycles. The van der Waals surface area contributed by atoms with Crippen molar-refractivity contribution in [2.75, 3.05) is 40.5 Å². The van der Waals surface area contributed by atoms with Gasteiger partial charge in [0.05, 0.1) is 39.9 Å². The first-order valence-electron chi connectivity index (χ1n) is 10.6. The number of fused-ring (bicyclic) bond motifs is 1. The van der Waals surface area contributed by atoms with Crippen LogP contribution in [0.1, 0.15) is 34.1 Å². The van der Waals surface area contributed by atoms with Gasteiger partial charge in [-0.2, -0.15) is 0 Å². The Morgan fingerprint density at radius 1 is 1.18 bits per heavy atom. The van der Waals surface area contributed by atoms with Crippen LogP contribution >= 0.6 is 11.3 Å². The van der Waals surface area contributed by atoms with Crippen molar-refractivity contribution in [2.45, 2.75) is 18.8 Å². The van der Waals surface area contributed by atoms with Crippen LogP contribution < -0.4 is 9.47 Å². The maximum atomic E-state index is 13.2. The number of aromatic nitrogens is 1. The van der Waals surface area contributed by atoms with E-state index in [0.29, 0.717) is 19.7 Å². The Balaban J connectivity index is 1.51. The van der Waals surface area contributed by atoms with Crippen molar-refractivity contribution in [1.82, 2.24) is 9.88 Å². The number of thiazole rings is 1. The van der Waals surface area contributed by atoms with Gasteiger partial charge in [0.15, 0.2) is 11.5 Å². The van der Waals surface area contributed by atoms with Crippen LogP contribution in [0, 0.1) is 10.1 Å². The van der Waals surface area contributed by atoms with Crippen molar-refractivity contribution >= 4 is 33.1 Å². The zero-order valence-corrected chi connectivity index (χ0v) is 19.3. The van der Waals surface area contributed by atoms with Crippen molar-refractivity contribution in [2.24, 2.45) is 0 Å².